The molecule has 0 bridgehead atoms. The molecule has 0 aliphatic heterocycles. The Morgan fingerprint density at radius 2 is 2.50 bits per heavy atom. The van der Waals surface area contributed by atoms with Gasteiger partial charge in [0.15, 0.2) is 0 Å². The number of esters is 1. The highest BCUT2D eigenvalue weighted by Crippen LogP contribution is 2.00. The first-order valence-electron chi connectivity index (χ1n) is 4.08. The maximum Gasteiger partial charge on any atom is 0.339 e. The second kappa shape index (κ2) is 4.96. The monoisotopic (exact) mass is 194 g/mol. The van der Waals surface area contributed by atoms with E-state index >= 15 is 0 Å². The third kappa shape index (κ3) is 2.55. The summed E-state index contributed by atoms with van der Waals surface area (Å²) in [7, 11) is 0. The second-order valence-corrected chi connectivity index (χ2v) is 2.44. The lowest BCUT2D eigenvalue weighted by molar-refractivity contribution is 0.0526. The minimum atomic E-state index is -0.410. The zero-order chi connectivity index (χ0) is 10.4. The first-order chi connectivity index (χ1) is 6.77. The van der Waals surface area contributed by atoms with E-state index in [1.165, 1.54) is 12.4 Å². The fraction of sp³-hybridized carbons (Fsp3) is 0.222. The summed E-state index contributed by atoms with van der Waals surface area (Å²) in [4.78, 5) is 15.0. The maximum absolute atomic E-state index is 11.2. The number of hydrogen-bond acceptors (Lipinski definition) is 5. The van der Waals surface area contributed by atoms with Gasteiger partial charge in [-0.05, 0) is 19.1 Å². The fourth-order valence-corrected chi connectivity index (χ4v) is 0.876. The van der Waals surface area contributed by atoms with Crippen molar-refractivity contribution in [3.05, 3.63) is 29.6 Å². The lowest BCUT2D eigenvalue weighted by atomic mass is 10.2. The third-order valence-corrected chi connectivity index (χ3v) is 1.49. The summed E-state index contributed by atoms with van der Waals surface area (Å²) in [6, 6.07) is 3.12. The van der Waals surface area contributed by atoms with Crippen LogP contribution in [0, 0.1) is 0 Å². The molecule has 1 heterocycles. The van der Waals surface area contributed by atoms with Gasteiger partial charge in [-0.25, -0.2) is 4.79 Å². The lowest BCUT2D eigenvalue weighted by Crippen LogP contribution is -2.05. The van der Waals surface area contributed by atoms with E-state index < -0.39 is 5.97 Å². The van der Waals surface area contributed by atoms with Gasteiger partial charge in [-0.2, -0.15) is 0 Å². The molecule has 0 amide bonds. The molecule has 0 saturated heterocycles. The van der Waals surface area contributed by atoms with Crippen molar-refractivity contribution in [1.29, 1.82) is 0 Å². The van der Waals surface area contributed by atoms with Crippen LogP contribution in [-0.4, -0.2) is 29.0 Å². The van der Waals surface area contributed by atoms with Crippen molar-refractivity contribution in [3.63, 3.8) is 0 Å². The highest BCUT2D eigenvalue weighted by molar-refractivity contribution is 5.89. The molecule has 1 aromatic rings. The van der Waals surface area contributed by atoms with Gasteiger partial charge < -0.3 is 9.94 Å². The van der Waals surface area contributed by atoms with Crippen LogP contribution in [0.2, 0.25) is 0 Å². The molecule has 0 atom stereocenters. The van der Waals surface area contributed by atoms with Crippen LogP contribution in [0.15, 0.2) is 23.5 Å². The summed E-state index contributed by atoms with van der Waals surface area (Å²) in [5.74, 6) is -0.410. The molecule has 1 rings (SSSR count). The van der Waals surface area contributed by atoms with Gasteiger partial charge in [0.25, 0.3) is 0 Å². The molecule has 0 radical (unpaired) electrons. The maximum atomic E-state index is 11.2. The smallest absolute Gasteiger partial charge is 0.339 e. The van der Waals surface area contributed by atoms with E-state index in [4.69, 9.17) is 9.94 Å². The Morgan fingerprint density at radius 3 is 3.00 bits per heavy atom. The van der Waals surface area contributed by atoms with Crippen molar-refractivity contribution in [1.82, 2.24) is 4.98 Å². The Labute approximate surface area is 81.0 Å². The standard InChI is InChI=1S/C9H10N2O3/c1-2-14-9(12)7-3-4-8(6-11-13)10-5-7/h3-6,13H,2H2,1H3/b11-6-. The molecule has 0 spiro atoms. The molecule has 74 valence electrons. The SMILES string of the molecule is CCOC(=O)c1ccc(/C=N\O)nc1. The Morgan fingerprint density at radius 1 is 1.71 bits per heavy atom. The van der Waals surface area contributed by atoms with Crippen molar-refractivity contribution in [2.45, 2.75) is 6.92 Å². The van der Waals surface area contributed by atoms with Gasteiger partial charge in [-0.3, -0.25) is 4.98 Å². The van der Waals surface area contributed by atoms with Gasteiger partial charge in [0.2, 0.25) is 0 Å². The van der Waals surface area contributed by atoms with Crippen LogP contribution in [0.3, 0.4) is 0 Å². The van der Waals surface area contributed by atoms with E-state index in [1.807, 2.05) is 0 Å². The highest BCUT2D eigenvalue weighted by atomic mass is 16.5. The molecule has 5 heteroatoms. The second-order valence-electron chi connectivity index (χ2n) is 2.44. The van der Waals surface area contributed by atoms with Gasteiger partial charge in [0.1, 0.15) is 0 Å². The third-order valence-electron chi connectivity index (χ3n) is 1.49. The van der Waals surface area contributed by atoms with Crippen LogP contribution >= 0.6 is 0 Å². The fourth-order valence-electron chi connectivity index (χ4n) is 0.876. The molecule has 0 fully saturated rings. The zero-order valence-electron chi connectivity index (χ0n) is 7.67. The number of hydrogen-bond donors (Lipinski definition) is 1. The Balaban J connectivity index is 2.77. The topological polar surface area (TPSA) is 71.8 Å². The number of pyridine rings is 1. The van der Waals surface area contributed by atoms with Crippen LogP contribution in [0.4, 0.5) is 0 Å². The lowest BCUT2D eigenvalue weighted by Gasteiger charge is -2.00. The van der Waals surface area contributed by atoms with E-state index in [0.717, 1.165) is 0 Å². The van der Waals surface area contributed by atoms with Crippen LogP contribution in [0.1, 0.15) is 23.0 Å². The Hall–Kier alpha value is -1.91. The van der Waals surface area contributed by atoms with Crippen molar-refractivity contribution < 1.29 is 14.7 Å². The van der Waals surface area contributed by atoms with E-state index in [-0.39, 0.29) is 0 Å². The average molecular weight is 194 g/mol. The number of oxime groups is 1. The molecular formula is C9H10N2O3. The number of ether oxygens (including phenoxy) is 1. The number of carbonyl (C=O) groups excluding carboxylic acids is 1. The van der Waals surface area contributed by atoms with E-state index in [9.17, 15) is 4.79 Å². The number of nitrogens with zero attached hydrogens (tertiary/aromatic N) is 2. The molecule has 0 saturated carbocycles. The van der Waals surface area contributed by atoms with Gasteiger partial charge in [-0.1, -0.05) is 5.16 Å². The Kier molecular flexibility index (Phi) is 3.60. The molecule has 14 heavy (non-hydrogen) atoms. The van der Waals surface area contributed by atoms with Crippen molar-refractivity contribution >= 4 is 12.2 Å². The van der Waals surface area contributed by atoms with Crippen LogP contribution in [0.25, 0.3) is 0 Å². The summed E-state index contributed by atoms with van der Waals surface area (Å²) in [5, 5.41) is 11.0. The molecule has 5 nitrogen and oxygen atoms in total. The van der Waals surface area contributed by atoms with Gasteiger partial charge in [0, 0.05) is 6.20 Å². The Bertz CT molecular complexity index is 332. The van der Waals surface area contributed by atoms with Crippen LogP contribution in [0.5, 0.6) is 0 Å². The van der Waals surface area contributed by atoms with Gasteiger partial charge in [-0.15, -0.1) is 0 Å². The number of carbonyl (C=O) groups is 1. The molecule has 0 aromatic carbocycles. The highest BCUT2D eigenvalue weighted by Gasteiger charge is 2.05. The summed E-state index contributed by atoms with van der Waals surface area (Å²) in [5.41, 5.74) is 0.850. The first-order valence-corrected chi connectivity index (χ1v) is 4.08. The normalized spacial score (nSPS) is 10.4. The van der Waals surface area contributed by atoms with Gasteiger partial charge in [0.05, 0.1) is 24.1 Å². The summed E-state index contributed by atoms with van der Waals surface area (Å²) >= 11 is 0. The van der Waals surface area contributed by atoms with E-state index in [0.29, 0.717) is 17.9 Å². The molecule has 1 N–H and O–H groups in total. The van der Waals surface area contributed by atoms with Crippen LogP contribution in [-0.2, 0) is 4.74 Å². The minimum Gasteiger partial charge on any atom is -0.462 e. The predicted molar refractivity (Wildman–Crippen MR) is 49.6 cm³/mol. The van der Waals surface area contributed by atoms with E-state index in [2.05, 4.69) is 10.1 Å². The quantitative estimate of drug-likeness (QED) is 0.338. The summed E-state index contributed by atoms with van der Waals surface area (Å²) in [6.07, 6.45) is 2.55. The summed E-state index contributed by atoms with van der Waals surface area (Å²) < 4.78 is 4.77. The van der Waals surface area contributed by atoms with Crippen molar-refractivity contribution in [2.75, 3.05) is 6.61 Å². The van der Waals surface area contributed by atoms with Crippen LogP contribution < -0.4 is 0 Å². The predicted octanol–water partition coefficient (Wildman–Crippen LogP) is 1.07. The molecule has 1 aromatic heterocycles. The number of aromatic nitrogens is 1. The minimum absolute atomic E-state index is 0.332. The van der Waals surface area contributed by atoms with Crippen molar-refractivity contribution in [3.8, 4) is 0 Å². The zero-order valence-corrected chi connectivity index (χ0v) is 7.67. The van der Waals surface area contributed by atoms with E-state index in [1.54, 1.807) is 19.1 Å². The molecule has 0 aliphatic rings. The first kappa shape index (κ1) is 10.2. The van der Waals surface area contributed by atoms with Crippen molar-refractivity contribution in [2.24, 2.45) is 5.16 Å². The average Bonchev–Trinajstić information content (AvgIpc) is 2.20. The summed E-state index contributed by atoms with van der Waals surface area (Å²) in [6.45, 7) is 2.07. The molecule has 0 aliphatic carbocycles. The van der Waals surface area contributed by atoms with Gasteiger partial charge >= 0.3 is 5.97 Å². The molecular weight excluding hydrogens is 184 g/mol. The molecule has 0 unspecified atom stereocenters. The number of rotatable bonds is 3. The largest absolute Gasteiger partial charge is 0.462 e.